The first-order valence-electron chi connectivity index (χ1n) is 11.1. The molecule has 0 spiro atoms. The molecule has 1 aliphatic carbocycles. The van der Waals surface area contributed by atoms with Crippen molar-refractivity contribution in [2.45, 2.75) is 31.7 Å². The van der Waals surface area contributed by atoms with Gasteiger partial charge in [0.2, 0.25) is 5.91 Å². The number of carboxylic acid groups (broad SMARTS) is 1. The lowest BCUT2D eigenvalue weighted by Gasteiger charge is -2.26. The van der Waals surface area contributed by atoms with Crippen LogP contribution in [0.4, 0.5) is 10.5 Å². The van der Waals surface area contributed by atoms with E-state index in [1.54, 1.807) is 13.8 Å². The fraction of sp³-hybridized carbons (Fsp3) is 0.222. The standard InChI is InChI=1S/C27H25BrN2O5/c1-27(2,14-24(31)29-23-12-11-16(25(32)33)13-22(23)28)30-26(34)35-15-21-19-9-5-3-7-17(19)18-8-4-6-10-20(18)21/h3-13,21H,14-15H2,1-2H3,(H,29,31)(H,30,34)(H,32,33). The van der Waals surface area contributed by atoms with E-state index in [1.807, 2.05) is 24.3 Å². The van der Waals surface area contributed by atoms with Crippen molar-refractivity contribution in [3.05, 3.63) is 87.9 Å². The minimum Gasteiger partial charge on any atom is -0.478 e. The number of rotatable bonds is 7. The maximum Gasteiger partial charge on any atom is 0.407 e. The summed E-state index contributed by atoms with van der Waals surface area (Å²) in [4.78, 5) is 36.3. The molecule has 0 bridgehead atoms. The van der Waals surface area contributed by atoms with Crippen LogP contribution in [0.2, 0.25) is 0 Å². The SMILES string of the molecule is CC(C)(CC(=O)Nc1ccc(C(=O)O)cc1Br)NC(=O)OCC1c2ccccc2-c2ccccc21. The van der Waals surface area contributed by atoms with E-state index in [1.165, 1.54) is 18.2 Å². The molecule has 3 aromatic carbocycles. The Labute approximate surface area is 211 Å². The van der Waals surface area contributed by atoms with Crippen molar-refractivity contribution < 1.29 is 24.2 Å². The van der Waals surface area contributed by atoms with Crippen LogP contribution in [0.3, 0.4) is 0 Å². The molecule has 3 N–H and O–H groups in total. The van der Waals surface area contributed by atoms with Gasteiger partial charge in [0.25, 0.3) is 0 Å². The van der Waals surface area contributed by atoms with E-state index in [0.29, 0.717) is 10.2 Å². The Balaban J connectivity index is 1.34. The van der Waals surface area contributed by atoms with Crippen molar-refractivity contribution in [2.24, 2.45) is 0 Å². The molecule has 3 aromatic rings. The minimum absolute atomic E-state index is 0.00961. The number of benzene rings is 3. The molecule has 4 rings (SSSR count). The maximum absolute atomic E-state index is 12.6. The molecule has 0 saturated heterocycles. The first kappa shape index (κ1) is 24.5. The van der Waals surface area contributed by atoms with Gasteiger partial charge in [0.05, 0.1) is 11.3 Å². The van der Waals surface area contributed by atoms with E-state index >= 15 is 0 Å². The quantitative estimate of drug-likeness (QED) is 0.354. The zero-order chi connectivity index (χ0) is 25.2. The number of carboxylic acids is 1. The lowest BCUT2D eigenvalue weighted by molar-refractivity contribution is -0.117. The van der Waals surface area contributed by atoms with Gasteiger partial charge in [-0.05, 0) is 70.2 Å². The van der Waals surface area contributed by atoms with Crippen LogP contribution in [0.1, 0.15) is 47.7 Å². The summed E-state index contributed by atoms with van der Waals surface area (Å²) in [5.74, 6) is -1.44. The highest BCUT2D eigenvalue weighted by Gasteiger charge is 2.30. The molecular weight excluding hydrogens is 512 g/mol. The number of fused-ring (bicyclic) bond motifs is 3. The molecule has 180 valence electrons. The Bertz CT molecular complexity index is 1260. The first-order valence-corrected chi connectivity index (χ1v) is 11.9. The summed E-state index contributed by atoms with van der Waals surface area (Å²) in [7, 11) is 0. The molecule has 0 fully saturated rings. The van der Waals surface area contributed by atoms with Crippen molar-refractivity contribution in [3.63, 3.8) is 0 Å². The first-order chi connectivity index (χ1) is 16.6. The van der Waals surface area contributed by atoms with Crippen molar-refractivity contribution in [1.29, 1.82) is 0 Å². The zero-order valence-corrected chi connectivity index (χ0v) is 20.9. The highest BCUT2D eigenvalue weighted by Crippen LogP contribution is 2.44. The Hall–Kier alpha value is -3.65. The molecule has 0 aliphatic heterocycles. The van der Waals surface area contributed by atoms with Gasteiger partial charge >= 0.3 is 12.1 Å². The molecule has 0 radical (unpaired) electrons. The van der Waals surface area contributed by atoms with E-state index in [2.05, 4.69) is 50.8 Å². The van der Waals surface area contributed by atoms with Gasteiger partial charge in [-0.2, -0.15) is 0 Å². The molecular formula is C27H25BrN2O5. The van der Waals surface area contributed by atoms with Crippen molar-refractivity contribution >= 4 is 39.6 Å². The number of hydrogen-bond donors (Lipinski definition) is 3. The Kier molecular flexibility index (Phi) is 6.93. The molecule has 0 aromatic heterocycles. The summed E-state index contributed by atoms with van der Waals surface area (Å²) in [6, 6.07) is 20.5. The molecule has 0 atom stereocenters. The number of aromatic carboxylic acids is 1. The van der Waals surface area contributed by atoms with E-state index in [0.717, 1.165) is 22.3 Å². The van der Waals surface area contributed by atoms with Crippen LogP contribution in [-0.2, 0) is 9.53 Å². The molecule has 35 heavy (non-hydrogen) atoms. The second-order valence-electron chi connectivity index (χ2n) is 9.06. The van der Waals surface area contributed by atoms with Crippen LogP contribution in [0.5, 0.6) is 0 Å². The van der Waals surface area contributed by atoms with Crippen molar-refractivity contribution in [2.75, 3.05) is 11.9 Å². The van der Waals surface area contributed by atoms with Crippen LogP contribution in [-0.4, -0.2) is 35.2 Å². The predicted octanol–water partition coefficient (Wildman–Crippen LogP) is 5.79. The summed E-state index contributed by atoms with van der Waals surface area (Å²) in [5.41, 5.74) is 4.22. The third-order valence-corrected chi connectivity index (χ3v) is 6.53. The number of halogens is 1. The zero-order valence-electron chi connectivity index (χ0n) is 19.3. The molecule has 0 saturated carbocycles. The second kappa shape index (κ2) is 9.92. The summed E-state index contributed by atoms with van der Waals surface area (Å²) in [6.45, 7) is 3.65. The fourth-order valence-corrected chi connectivity index (χ4v) is 4.78. The summed E-state index contributed by atoms with van der Waals surface area (Å²) in [6.07, 6.45) is -0.610. The van der Waals surface area contributed by atoms with Crippen LogP contribution < -0.4 is 10.6 Å². The van der Waals surface area contributed by atoms with E-state index in [9.17, 15) is 14.4 Å². The van der Waals surface area contributed by atoms with Gasteiger partial charge in [-0.3, -0.25) is 4.79 Å². The van der Waals surface area contributed by atoms with Gasteiger partial charge in [0.1, 0.15) is 6.61 Å². The number of amides is 2. The van der Waals surface area contributed by atoms with Crippen LogP contribution in [0, 0.1) is 0 Å². The normalized spacial score (nSPS) is 12.4. The van der Waals surface area contributed by atoms with E-state index in [4.69, 9.17) is 9.84 Å². The van der Waals surface area contributed by atoms with E-state index in [-0.39, 0.29) is 30.4 Å². The van der Waals surface area contributed by atoms with Gasteiger partial charge in [-0.15, -0.1) is 0 Å². The summed E-state index contributed by atoms with van der Waals surface area (Å²) in [5, 5.41) is 14.6. The average Bonchev–Trinajstić information content (AvgIpc) is 3.12. The number of anilines is 1. The topological polar surface area (TPSA) is 105 Å². The fourth-order valence-electron chi connectivity index (χ4n) is 4.30. The van der Waals surface area contributed by atoms with Gasteiger partial charge in [0, 0.05) is 22.4 Å². The monoisotopic (exact) mass is 536 g/mol. The molecule has 1 aliphatic rings. The molecule has 7 nitrogen and oxygen atoms in total. The summed E-state index contributed by atoms with van der Waals surface area (Å²) >= 11 is 3.27. The highest BCUT2D eigenvalue weighted by atomic mass is 79.9. The second-order valence-corrected chi connectivity index (χ2v) is 9.91. The van der Waals surface area contributed by atoms with Crippen molar-refractivity contribution in [3.8, 4) is 11.1 Å². The largest absolute Gasteiger partial charge is 0.478 e. The molecule has 2 amide bonds. The van der Waals surface area contributed by atoms with Gasteiger partial charge in [-0.1, -0.05) is 48.5 Å². The summed E-state index contributed by atoms with van der Waals surface area (Å²) < 4.78 is 6.04. The predicted molar refractivity (Wildman–Crippen MR) is 137 cm³/mol. The number of carbonyl (C=O) groups is 3. The molecule has 0 heterocycles. The number of ether oxygens (including phenoxy) is 1. The Morgan fingerprint density at radius 3 is 2.14 bits per heavy atom. The van der Waals surface area contributed by atoms with Crippen LogP contribution in [0.15, 0.2) is 71.2 Å². The van der Waals surface area contributed by atoms with Gasteiger partial charge < -0.3 is 20.5 Å². The third kappa shape index (κ3) is 5.54. The Morgan fingerprint density at radius 1 is 0.971 bits per heavy atom. The third-order valence-electron chi connectivity index (χ3n) is 5.88. The average molecular weight is 537 g/mol. The maximum atomic E-state index is 12.6. The molecule has 0 unspecified atom stereocenters. The van der Waals surface area contributed by atoms with Crippen LogP contribution in [0.25, 0.3) is 11.1 Å². The Morgan fingerprint density at radius 2 is 1.57 bits per heavy atom. The lowest BCUT2D eigenvalue weighted by Crippen LogP contribution is -2.46. The number of nitrogens with one attached hydrogen (secondary N) is 2. The molecule has 8 heteroatoms. The number of alkyl carbamates (subject to hydrolysis) is 1. The van der Waals surface area contributed by atoms with Crippen molar-refractivity contribution in [1.82, 2.24) is 5.32 Å². The number of carbonyl (C=O) groups excluding carboxylic acids is 2. The highest BCUT2D eigenvalue weighted by molar-refractivity contribution is 9.10. The van der Waals surface area contributed by atoms with E-state index < -0.39 is 17.6 Å². The number of hydrogen-bond acceptors (Lipinski definition) is 4. The smallest absolute Gasteiger partial charge is 0.407 e. The van der Waals surface area contributed by atoms with Gasteiger partial charge in [-0.25, -0.2) is 9.59 Å². The van der Waals surface area contributed by atoms with Gasteiger partial charge in [0.15, 0.2) is 0 Å². The lowest BCUT2D eigenvalue weighted by atomic mass is 9.98. The van der Waals surface area contributed by atoms with Crippen LogP contribution >= 0.6 is 15.9 Å². The minimum atomic E-state index is -1.06.